The van der Waals surface area contributed by atoms with E-state index in [1.807, 2.05) is 59.5 Å². The zero-order valence-corrected chi connectivity index (χ0v) is 21.4. The minimum Gasteiger partial charge on any atom is -0.496 e. The first-order valence-corrected chi connectivity index (χ1v) is 13.2. The van der Waals surface area contributed by atoms with Gasteiger partial charge in [0.05, 0.1) is 19.8 Å². The molecule has 0 radical (unpaired) electrons. The Morgan fingerprint density at radius 3 is 2.39 bits per heavy atom. The SMILES string of the molecule is COc1ccccc1CCNC(=O)C(C1CCCC1)N1CCN(C(=O)COCc2ccccc2)CC1. The van der Waals surface area contributed by atoms with Crippen molar-refractivity contribution in [3.8, 4) is 5.75 Å². The minimum absolute atomic E-state index is 0.0178. The van der Waals surface area contributed by atoms with Crippen molar-refractivity contribution in [1.82, 2.24) is 15.1 Å². The number of carbonyl (C=O) groups excluding carboxylic acids is 2. The van der Waals surface area contributed by atoms with Crippen LogP contribution in [-0.2, 0) is 27.4 Å². The first-order valence-electron chi connectivity index (χ1n) is 13.2. The highest BCUT2D eigenvalue weighted by Gasteiger charge is 2.37. The molecule has 0 bridgehead atoms. The number of methoxy groups -OCH3 is 1. The van der Waals surface area contributed by atoms with Crippen LogP contribution in [0.5, 0.6) is 5.75 Å². The molecule has 2 aliphatic rings. The number of ether oxygens (including phenoxy) is 2. The summed E-state index contributed by atoms with van der Waals surface area (Å²) in [6.07, 6.45) is 5.30. The second kappa shape index (κ2) is 13.4. The number of hydrogen-bond donors (Lipinski definition) is 1. The van der Waals surface area contributed by atoms with Crippen molar-refractivity contribution < 1.29 is 19.1 Å². The highest BCUT2D eigenvalue weighted by Crippen LogP contribution is 2.31. The predicted molar refractivity (Wildman–Crippen MR) is 140 cm³/mol. The Balaban J connectivity index is 1.26. The molecule has 1 aliphatic carbocycles. The van der Waals surface area contributed by atoms with Crippen molar-refractivity contribution in [3.63, 3.8) is 0 Å². The predicted octanol–water partition coefficient (Wildman–Crippen LogP) is 3.27. The average Bonchev–Trinajstić information content (AvgIpc) is 3.44. The lowest BCUT2D eigenvalue weighted by Crippen LogP contribution is -2.58. The van der Waals surface area contributed by atoms with Crippen LogP contribution in [0.3, 0.4) is 0 Å². The van der Waals surface area contributed by atoms with Gasteiger partial charge < -0.3 is 19.7 Å². The highest BCUT2D eigenvalue weighted by molar-refractivity contribution is 5.82. The fourth-order valence-electron chi connectivity index (χ4n) is 5.46. The lowest BCUT2D eigenvalue weighted by Gasteiger charge is -2.40. The Morgan fingerprint density at radius 1 is 0.972 bits per heavy atom. The number of nitrogens with zero attached hydrogens (tertiary/aromatic N) is 2. The molecule has 2 amide bonds. The molecule has 1 heterocycles. The van der Waals surface area contributed by atoms with Crippen LogP contribution in [0.15, 0.2) is 54.6 Å². The molecule has 2 aromatic carbocycles. The maximum Gasteiger partial charge on any atom is 0.248 e. The lowest BCUT2D eigenvalue weighted by molar-refractivity contribution is -0.139. The summed E-state index contributed by atoms with van der Waals surface area (Å²) in [6, 6.07) is 17.7. The van der Waals surface area contributed by atoms with E-state index in [9.17, 15) is 9.59 Å². The molecule has 7 heteroatoms. The van der Waals surface area contributed by atoms with Crippen LogP contribution in [-0.4, -0.2) is 74.1 Å². The van der Waals surface area contributed by atoms with Crippen LogP contribution in [0.4, 0.5) is 0 Å². The van der Waals surface area contributed by atoms with E-state index in [1.165, 1.54) is 12.8 Å². The van der Waals surface area contributed by atoms with E-state index in [2.05, 4.69) is 10.2 Å². The number of rotatable bonds is 11. The van der Waals surface area contributed by atoms with Gasteiger partial charge in [0.25, 0.3) is 0 Å². The summed E-state index contributed by atoms with van der Waals surface area (Å²) < 4.78 is 11.1. The zero-order chi connectivity index (χ0) is 25.2. The Hall–Kier alpha value is -2.90. The van der Waals surface area contributed by atoms with Crippen LogP contribution in [0.1, 0.15) is 36.8 Å². The minimum atomic E-state index is -0.128. The molecule has 1 atom stereocenters. The van der Waals surface area contributed by atoms with Gasteiger partial charge in [0.2, 0.25) is 11.8 Å². The molecule has 0 aromatic heterocycles. The average molecular weight is 494 g/mol. The Morgan fingerprint density at radius 2 is 1.67 bits per heavy atom. The summed E-state index contributed by atoms with van der Waals surface area (Å²) in [5, 5.41) is 3.20. The van der Waals surface area contributed by atoms with Crippen molar-refractivity contribution in [2.45, 2.75) is 44.8 Å². The smallest absolute Gasteiger partial charge is 0.248 e. The van der Waals surface area contributed by atoms with Gasteiger partial charge in [-0.3, -0.25) is 14.5 Å². The fraction of sp³-hybridized carbons (Fsp3) is 0.517. The summed E-state index contributed by atoms with van der Waals surface area (Å²) >= 11 is 0. The van der Waals surface area contributed by atoms with E-state index in [1.54, 1.807) is 7.11 Å². The summed E-state index contributed by atoms with van der Waals surface area (Å²) in [7, 11) is 1.67. The molecule has 1 aliphatic heterocycles. The Labute approximate surface area is 214 Å². The van der Waals surface area contributed by atoms with Crippen LogP contribution in [0.25, 0.3) is 0 Å². The van der Waals surface area contributed by atoms with Gasteiger partial charge in [-0.15, -0.1) is 0 Å². The normalized spacial score (nSPS) is 17.6. The summed E-state index contributed by atoms with van der Waals surface area (Å²) in [5.74, 6) is 1.37. The number of amides is 2. The molecular weight excluding hydrogens is 454 g/mol. The van der Waals surface area contributed by atoms with Gasteiger partial charge in [-0.05, 0) is 42.4 Å². The molecule has 7 nitrogen and oxygen atoms in total. The first kappa shape index (κ1) is 26.2. The van der Waals surface area contributed by atoms with Crippen LogP contribution < -0.4 is 10.1 Å². The van der Waals surface area contributed by atoms with Crippen LogP contribution in [0, 0.1) is 5.92 Å². The van der Waals surface area contributed by atoms with E-state index in [0.29, 0.717) is 45.2 Å². The lowest BCUT2D eigenvalue weighted by atomic mass is 9.95. The molecule has 36 heavy (non-hydrogen) atoms. The van der Waals surface area contributed by atoms with Gasteiger partial charge in [-0.1, -0.05) is 61.4 Å². The van der Waals surface area contributed by atoms with Gasteiger partial charge in [-0.2, -0.15) is 0 Å². The third-order valence-corrected chi connectivity index (χ3v) is 7.40. The van der Waals surface area contributed by atoms with Crippen molar-refractivity contribution in [2.24, 2.45) is 5.92 Å². The maximum absolute atomic E-state index is 13.4. The third kappa shape index (κ3) is 7.08. The standard InChI is InChI=1S/C29H39N3O4/c1-35-26-14-8-7-11-24(26)15-16-30-29(34)28(25-12-5-6-13-25)32-19-17-31(18-20-32)27(33)22-36-21-23-9-3-2-4-10-23/h2-4,7-11,14,25,28H,5-6,12-13,15-22H2,1H3,(H,30,34). The molecule has 194 valence electrons. The molecule has 0 spiro atoms. The zero-order valence-electron chi connectivity index (χ0n) is 21.4. The van der Waals surface area contributed by atoms with Gasteiger partial charge in [-0.25, -0.2) is 0 Å². The number of benzene rings is 2. The molecule has 2 fully saturated rings. The number of para-hydroxylation sites is 1. The molecule has 1 unspecified atom stereocenters. The van der Waals surface area contributed by atoms with E-state index >= 15 is 0 Å². The van der Waals surface area contributed by atoms with Crippen molar-refractivity contribution >= 4 is 11.8 Å². The Kier molecular flexibility index (Phi) is 9.76. The van der Waals surface area contributed by atoms with Crippen LogP contribution in [0.2, 0.25) is 0 Å². The first-order chi connectivity index (χ1) is 17.7. The van der Waals surface area contributed by atoms with Crippen molar-refractivity contribution in [3.05, 3.63) is 65.7 Å². The molecule has 1 saturated heterocycles. The molecule has 2 aromatic rings. The topological polar surface area (TPSA) is 71.1 Å². The van der Waals surface area contributed by atoms with Gasteiger partial charge in [0.1, 0.15) is 12.4 Å². The fourth-order valence-corrected chi connectivity index (χ4v) is 5.46. The maximum atomic E-state index is 13.4. The summed E-state index contributed by atoms with van der Waals surface area (Å²) in [6.45, 7) is 3.79. The van der Waals surface area contributed by atoms with Crippen LogP contribution >= 0.6 is 0 Å². The van der Waals surface area contributed by atoms with E-state index in [0.717, 1.165) is 36.1 Å². The molecule has 1 saturated carbocycles. The number of piperazine rings is 1. The second-order valence-corrected chi connectivity index (χ2v) is 9.74. The largest absolute Gasteiger partial charge is 0.496 e. The number of hydrogen-bond acceptors (Lipinski definition) is 5. The van der Waals surface area contributed by atoms with Gasteiger partial charge in [0, 0.05) is 32.7 Å². The van der Waals surface area contributed by atoms with Gasteiger partial charge >= 0.3 is 0 Å². The molecular formula is C29H39N3O4. The van der Waals surface area contributed by atoms with Gasteiger partial charge in [0.15, 0.2) is 0 Å². The molecule has 4 rings (SSSR count). The second-order valence-electron chi connectivity index (χ2n) is 9.74. The number of nitrogens with one attached hydrogen (secondary N) is 1. The monoisotopic (exact) mass is 493 g/mol. The third-order valence-electron chi connectivity index (χ3n) is 7.40. The molecule has 1 N–H and O–H groups in total. The highest BCUT2D eigenvalue weighted by atomic mass is 16.5. The quantitative estimate of drug-likeness (QED) is 0.520. The Bertz CT molecular complexity index is 969. The summed E-state index contributed by atoms with van der Waals surface area (Å²) in [4.78, 5) is 30.2. The van der Waals surface area contributed by atoms with E-state index < -0.39 is 0 Å². The van der Waals surface area contributed by atoms with Crippen molar-refractivity contribution in [1.29, 1.82) is 0 Å². The van der Waals surface area contributed by atoms with Crippen molar-refractivity contribution in [2.75, 3.05) is 46.4 Å². The number of carbonyl (C=O) groups is 2. The van der Waals surface area contributed by atoms with E-state index in [-0.39, 0.29) is 24.5 Å². The summed E-state index contributed by atoms with van der Waals surface area (Å²) in [5.41, 5.74) is 2.16. The van der Waals surface area contributed by atoms with E-state index in [4.69, 9.17) is 9.47 Å².